The Bertz CT molecular complexity index is 1070. The summed E-state index contributed by atoms with van der Waals surface area (Å²) in [6.45, 7) is 4.44. The molecule has 2 bridgehead atoms. The average Bonchev–Trinajstić information content (AvgIpc) is 3.49. The summed E-state index contributed by atoms with van der Waals surface area (Å²) in [5, 5.41) is 0. The van der Waals surface area contributed by atoms with E-state index in [1.165, 1.54) is 37.8 Å². The van der Waals surface area contributed by atoms with Gasteiger partial charge in [0, 0.05) is 38.6 Å². The van der Waals surface area contributed by atoms with Crippen LogP contribution in [0.3, 0.4) is 0 Å². The highest BCUT2D eigenvalue weighted by molar-refractivity contribution is 5.89. The fourth-order valence-electron chi connectivity index (χ4n) is 7.81. The van der Waals surface area contributed by atoms with Crippen molar-refractivity contribution >= 4 is 11.8 Å². The van der Waals surface area contributed by atoms with Crippen LogP contribution in [-0.4, -0.2) is 71.6 Å². The van der Waals surface area contributed by atoms with Crippen LogP contribution >= 0.6 is 0 Å². The zero-order valence-electron chi connectivity index (χ0n) is 20.4. The number of fused-ring (bicyclic) bond motifs is 7. The van der Waals surface area contributed by atoms with Gasteiger partial charge in [0.1, 0.15) is 0 Å². The molecule has 6 aliphatic rings. The first kappa shape index (κ1) is 21.7. The molecular weight excluding hydrogens is 442 g/mol. The highest BCUT2D eigenvalue weighted by Gasteiger charge is 2.48. The maximum absolute atomic E-state index is 13.9. The van der Waals surface area contributed by atoms with Crippen molar-refractivity contribution in [1.82, 2.24) is 14.7 Å². The number of likely N-dealkylation sites (tertiary alicyclic amines) is 2. The highest BCUT2D eigenvalue weighted by Crippen LogP contribution is 2.45. The molecule has 0 N–H and O–H groups in total. The number of piperidine rings is 3. The predicted molar refractivity (Wildman–Crippen MR) is 130 cm³/mol. The van der Waals surface area contributed by atoms with Crippen LogP contribution in [0.4, 0.5) is 0 Å². The molecule has 186 valence electrons. The molecule has 5 heterocycles. The van der Waals surface area contributed by atoms with Gasteiger partial charge in [-0.25, -0.2) is 0 Å². The minimum atomic E-state index is -0.236. The van der Waals surface area contributed by atoms with Crippen LogP contribution in [0.15, 0.2) is 29.8 Å². The maximum Gasteiger partial charge on any atom is 0.231 e. The van der Waals surface area contributed by atoms with Gasteiger partial charge in [0.15, 0.2) is 11.5 Å². The van der Waals surface area contributed by atoms with E-state index in [0.717, 1.165) is 49.0 Å². The number of benzene rings is 1. The normalized spacial score (nSPS) is 33.9. The molecule has 0 spiro atoms. The van der Waals surface area contributed by atoms with Gasteiger partial charge in [-0.2, -0.15) is 0 Å². The molecule has 7 rings (SSSR count). The van der Waals surface area contributed by atoms with E-state index in [1.54, 1.807) is 0 Å². The van der Waals surface area contributed by atoms with Crippen LogP contribution in [0.1, 0.15) is 50.5 Å². The van der Waals surface area contributed by atoms with E-state index in [-0.39, 0.29) is 30.6 Å². The second kappa shape index (κ2) is 8.54. The molecule has 4 fully saturated rings. The second-order valence-corrected chi connectivity index (χ2v) is 11.4. The summed E-state index contributed by atoms with van der Waals surface area (Å²) in [7, 11) is 0. The van der Waals surface area contributed by atoms with Crippen LogP contribution in [0, 0.1) is 17.8 Å². The monoisotopic (exact) mass is 477 g/mol. The van der Waals surface area contributed by atoms with Crippen molar-refractivity contribution in [2.75, 3.05) is 33.0 Å². The molecule has 0 aromatic heterocycles. The lowest BCUT2D eigenvalue weighted by Gasteiger charge is -2.55. The lowest BCUT2D eigenvalue weighted by molar-refractivity contribution is -0.140. The number of nitrogens with zero attached hydrogens (tertiary/aromatic N) is 3. The van der Waals surface area contributed by atoms with Gasteiger partial charge in [-0.05, 0) is 68.2 Å². The van der Waals surface area contributed by atoms with Gasteiger partial charge in [0.2, 0.25) is 18.6 Å². The highest BCUT2D eigenvalue weighted by atomic mass is 16.7. The van der Waals surface area contributed by atoms with Crippen molar-refractivity contribution in [1.29, 1.82) is 0 Å². The standard InChI is InChI=1S/C28H35N3O4/c32-26-13-22(16-30(26)14-18-6-7-24-25(10-18)35-17-34-24)28(33)31-9-3-4-19-11-20-12-21(27(19)31)15-29-8-2-1-5-23(20)29/h6-7,10-11,20-23,27H,1-5,8-9,12-17H2/t20-,21?,22?,23?,27?/m0/s1. The summed E-state index contributed by atoms with van der Waals surface area (Å²) < 4.78 is 10.9. The Hall–Kier alpha value is -2.54. The number of hydrogen-bond acceptors (Lipinski definition) is 5. The van der Waals surface area contributed by atoms with Crippen molar-refractivity contribution in [2.24, 2.45) is 17.8 Å². The number of carbonyl (C=O) groups is 2. The lowest BCUT2D eigenvalue weighted by Crippen LogP contribution is -2.60. The summed E-state index contributed by atoms with van der Waals surface area (Å²) in [4.78, 5) is 33.5. The lowest BCUT2D eigenvalue weighted by atomic mass is 9.68. The molecular formula is C28H35N3O4. The van der Waals surface area contributed by atoms with E-state index < -0.39 is 0 Å². The topological polar surface area (TPSA) is 62.3 Å². The number of ether oxygens (including phenoxy) is 2. The third-order valence-corrected chi connectivity index (χ3v) is 9.31. The summed E-state index contributed by atoms with van der Waals surface area (Å²) in [5.41, 5.74) is 2.52. The Labute approximate surface area is 207 Å². The third kappa shape index (κ3) is 3.74. The maximum atomic E-state index is 13.9. The molecule has 1 aliphatic carbocycles. The largest absolute Gasteiger partial charge is 0.454 e. The number of hydrogen-bond donors (Lipinski definition) is 0. The summed E-state index contributed by atoms with van der Waals surface area (Å²) in [5.74, 6) is 2.72. The molecule has 4 saturated heterocycles. The van der Waals surface area contributed by atoms with E-state index in [1.807, 2.05) is 23.1 Å². The quantitative estimate of drug-likeness (QED) is 0.626. The predicted octanol–water partition coefficient (Wildman–Crippen LogP) is 3.19. The van der Waals surface area contributed by atoms with Gasteiger partial charge < -0.3 is 19.3 Å². The van der Waals surface area contributed by atoms with Crippen molar-refractivity contribution in [3.63, 3.8) is 0 Å². The Morgan fingerprint density at radius 1 is 1.06 bits per heavy atom. The van der Waals surface area contributed by atoms with Gasteiger partial charge in [-0.1, -0.05) is 24.1 Å². The fraction of sp³-hybridized carbons (Fsp3) is 0.643. The Kier molecular flexibility index (Phi) is 5.30. The van der Waals surface area contributed by atoms with Gasteiger partial charge in [-0.15, -0.1) is 0 Å². The Morgan fingerprint density at radius 2 is 1.97 bits per heavy atom. The van der Waals surface area contributed by atoms with Gasteiger partial charge in [0.05, 0.1) is 12.0 Å². The second-order valence-electron chi connectivity index (χ2n) is 11.4. The first-order chi connectivity index (χ1) is 17.1. The van der Waals surface area contributed by atoms with E-state index in [0.29, 0.717) is 31.3 Å². The molecule has 1 aromatic carbocycles. The van der Waals surface area contributed by atoms with Gasteiger partial charge in [0.25, 0.3) is 0 Å². The molecule has 2 amide bonds. The summed E-state index contributed by atoms with van der Waals surface area (Å²) >= 11 is 0. The number of carbonyl (C=O) groups excluding carboxylic acids is 2. The van der Waals surface area contributed by atoms with Crippen molar-refractivity contribution in [3.8, 4) is 11.5 Å². The Balaban J connectivity index is 1.07. The molecule has 5 atom stereocenters. The van der Waals surface area contributed by atoms with Crippen LogP contribution in [0.5, 0.6) is 11.5 Å². The molecule has 0 saturated carbocycles. The number of rotatable bonds is 3. The van der Waals surface area contributed by atoms with Crippen molar-refractivity contribution < 1.29 is 19.1 Å². The van der Waals surface area contributed by atoms with E-state index in [4.69, 9.17) is 9.47 Å². The molecule has 7 heteroatoms. The van der Waals surface area contributed by atoms with Crippen molar-refractivity contribution in [2.45, 2.75) is 63.6 Å². The van der Waals surface area contributed by atoms with Gasteiger partial charge >= 0.3 is 0 Å². The van der Waals surface area contributed by atoms with Crippen LogP contribution in [0.25, 0.3) is 0 Å². The zero-order valence-corrected chi connectivity index (χ0v) is 20.4. The zero-order chi connectivity index (χ0) is 23.5. The van der Waals surface area contributed by atoms with Gasteiger partial charge in [-0.3, -0.25) is 14.5 Å². The molecule has 7 nitrogen and oxygen atoms in total. The summed E-state index contributed by atoms with van der Waals surface area (Å²) in [6, 6.07) is 6.79. The molecule has 4 unspecified atom stereocenters. The average molecular weight is 478 g/mol. The SMILES string of the molecule is O=C1CC(C(=O)N2CCCC3=C[C@H]4CC(CN5CCCCC45)C32)CN1Cc1ccc2c(c1)OCO2. The minimum absolute atomic E-state index is 0.0753. The molecule has 0 radical (unpaired) electrons. The van der Waals surface area contributed by atoms with E-state index in [2.05, 4.69) is 15.9 Å². The first-order valence-corrected chi connectivity index (χ1v) is 13.6. The first-order valence-electron chi connectivity index (χ1n) is 13.6. The molecule has 35 heavy (non-hydrogen) atoms. The fourth-order valence-corrected chi connectivity index (χ4v) is 7.81. The number of amides is 2. The van der Waals surface area contributed by atoms with Crippen LogP contribution < -0.4 is 9.47 Å². The third-order valence-electron chi connectivity index (χ3n) is 9.31. The van der Waals surface area contributed by atoms with E-state index >= 15 is 0 Å². The molecule has 1 aromatic rings. The van der Waals surface area contributed by atoms with Crippen LogP contribution in [0.2, 0.25) is 0 Å². The molecule has 5 aliphatic heterocycles. The smallest absolute Gasteiger partial charge is 0.231 e. The minimum Gasteiger partial charge on any atom is -0.454 e. The Morgan fingerprint density at radius 3 is 2.91 bits per heavy atom. The van der Waals surface area contributed by atoms with Crippen molar-refractivity contribution in [3.05, 3.63) is 35.4 Å². The summed E-state index contributed by atoms with van der Waals surface area (Å²) in [6.07, 6.45) is 10.3. The van der Waals surface area contributed by atoms with E-state index in [9.17, 15) is 9.59 Å². The van der Waals surface area contributed by atoms with Crippen LogP contribution in [-0.2, 0) is 16.1 Å².